The molecule has 1 aromatic carbocycles. The van der Waals surface area contributed by atoms with Gasteiger partial charge in [0.2, 0.25) is 0 Å². The number of ether oxygens (including phenoxy) is 1. The molecule has 15 heavy (non-hydrogen) atoms. The molecule has 0 aromatic heterocycles. The van der Waals surface area contributed by atoms with Gasteiger partial charge in [0.05, 0.1) is 6.61 Å². The first-order valence-corrected chi connectivity index (χ1v) is 5.82. The Balaban J connectivity index is 2.26. The van der Waals surface area contributed by atoms with Crippen molar-refractivity contribution in [2.75, 3.05) is 13.2 Å². The van der Waals surface area contributed by atoms with Crippen LogP contribution < -0.4 is 0 Å². The SMILES string of the molecule is CCOCC1CC(C)(C)c2ccccc21. The van der Waals surface area contributed by atoms with E-state index in [0.717, 1.165) is 13.2 Å². The van der Waals surface area contributed by atoms with Crippen LogP contribution in [0.4, 0.5) is 0 Å². The quantitative estimate of drug-likeness (QED) is 0.732. The molecule has 2 rings (SSSR count). The molecule has 0 N–H and O–H groups in total. The minimum atomic E-state index is 0.318. The molecule has 0 spiro atoms. The standard InChI is InChI=1S/C14H20O/c1-4-15-10-11-9-14(2,3)13-8-6-5-7-12(11)13/h5-8,11H,4,9-10H2,1-3H3. The van der Waals surface area contributed by atoms with E-state index in [9.17, 15) is 0 Å². The fourth-order valence-corrected chi connectivity index (χ4v) is 2.71. The Kier molecular flexibility index (Phi) is 2.83. The van der Waals surface area contributed by atoms with Gasteiger partial charge in [0.1, 0.15) is 0 Å². The molecule has 1 nitrogen and oxygen atoms in total. The first-order chi connectivity index (χ1) is 7.15. The molecule has 0 aliphatic heterocycles. The molecular weight excluding hydrogens is 184 g/mol. The third kappa shape index (κ3) is 1.93. The van der Waals surface area contributed by atoms with Gasteiger partial charge in [-0.2, -0.15) is 0 Å². The summed E-state index contributed by atoms with van der Waals surface area (Å²) in [5, 5.41) is 0. The Hall–Kier alpha value is -0.820. The Morgan fingerprint density at radius 2 is 2.07 bits per heavy atom. The molecule has 0 fully saturated rings. The number of benzene rings is 1. The van der Waals surface area contributed by atoms with Crippen LogP contribution in [0.25, 0.3) is 0 Å². The van der Waals surface area contributed by atoms with Gasteiger partial charge in [-0.15, -0.1) is 0 Å². The second-order valence-corrected chi connectivity index (χ2v) is 5.03. The lowest BCUT2D eigenvalue weighted by Crippen LogP contribution is -2.13. The summed E-state index contributed by atoms with van der Waals surface area (Å²) in [4.78, 5) is 0. The molecule has 0 saturated heterocycles. The van der Waals surface area contributed by atoms with Gasteiger partial charge in [0.25, 0.3) is 0 Å². The van der Waals surface area contributed by atoms with Crippen molar-refractivity contribution < 1.29 is 4.74 Å². The highest BCUT2D eigenvalue weighted by Gasteiger charge is 2.36. The second-order valence-electron chi connectivity index (χ2n) is 5.03. The van der Waals surface area contributed by atoms with Crippen molar-refractivity contribution in [2.24, 2.45) is 0 Å². The average Bonchev–Trinajstić information content (AvgIpc) is 2.49. The normalized spacial score (nSPS) is 22.7. The smallest absolute Gasteiger partial charge is 0.0535 e. The number of fused-ring (bicyclic) bond motifs is 1. The van der Waals surface area contributed by atoms with E-state index in [-0.39, 0.29) is 0 Å². The molecule has 1 aromatic rings. The molecule has 1 aliphatic rings. The van der Waals surface area contributed by atoms with E-state index in [0.29, 0.717) is 11.3 Å². The van der Waals surface area contributed by atoms with Crippen LogP contribution in [0.15, 0.2) is 24.3 Å². The minimum absolute atomic E-state index is 0.318. The zero-order valence-corrected chi connectivity index (χ0v) is 9.92. The van der Waals surface area contributed by atoms with E-state index >= 15 is 0 Å². The molecule has 82 valence electrons. The molecule has 1 unspecified atom stereocenters. The first-order valence-electron chi connectivity index (χ1n) is 5.82. The van der Waals surface area contributed by atoms with Crippen LogP contribution in [-0.4, -0.2) is 13.2 Å². The lowest BCUT2D eigenvalue weighted by Gasteiger charge is -2.19. The lowest BCUT2D eigenvalue weighted by atomic mass is 9.86. The molecule has 0 radical (unpaired) electrons. The molecule has 0 bridgehead atoms. The van der Waals surface area contributed by atoms with Crippen molar-refractivity contribution in [3.63, 3.8) is 0 Å². The van der Waals surface area contributed by atoms with Gasteiger partial charge >= 0.3 is 0 Å². The average molecular weight is 204 g/mol. The largest absolute Gasteiger partial charge is 0.381 e. The predicted octanol–water partition coefficient (Wildman–Crippen LogP) is 3.49. The number of rotatable bonds is 3. The molecular formula is C14H20O. The highest BCUT2D eigenvalue weighted by atomic mass is 16.5. The van der Waals surface area contributed by atoms with Crippen LogP contribution in [-0.2, 0) is 10.2 Å². The van der Waals surface area contributed by atoms with Gasteiger partial charge in [-0.25, -0.2) is 0 Å². The molecule has 0 heterocycles. The van der Waals surface area contributed by atoms with Gasteiger partial charge in [-0.3, -0.25) is 0 Å². The predicted molar refractivity (Wildman–Crippen MR) is 63.3 cm³/mol. The van der Waals surface area contributed by atoms with E-state index < -0.39 is 0 Å². The maximum atomic E-state index is 5.57. The van der Waals surface area contributed by atoms with Gasteiger partial charge in [0, 0.05) is 12.5 Å². The Labute approximate surface area is 92.5 Å². The van der Waals surface area contributed by atoms with Crippen LogP contribution in [0.5, 0.6) is 0 Å². The molecule has 1 heteroatoms. The van der Waals surface area contributed by atoms with Crippen LogP contribution >= 0.6 is 0 Å². The summed E-state index contributed by atoms with van der Waals surface area (Å²) in [5.41, 5.74) is 3.32. The van der Waals surface area contributed by atoms with E-state index in [1.54, 1.807) is 0 Å². The topological polar surface area (TPSA) is 9.23 Å². The highest BCUT2D eigenvalue weighted by molar-refractivity contribution is 5.41. The van der Waals surface area contributed by atoms with Crippen molar-refractivity contribution in [2.45, 2.75) is 38.5 Å². The zero-order chi connectivity index (χ0) is 10.9. The third-order valence-corrected chi connectivity index (χ3v) is 3.41. The molecule has 1 aliphatic carbocycles. The van der Waals surface area contributed by atoms with Crippen molar-refractivity contribution in [3.8, 4) is 0 Å². The number of hydrogen-bond donors (Lipinski definition) is 0. The van der Waals surface area contributed by atoms with Crippen LogP contribution in [0.3, 0.4) is 0 Å². The second kappa shape index (κ2) is 3.97. The van der Waals surface area contributed by atoms with E-state index in [1.807, 2.05) is 0 Å². The molecule has 0 amide bonds. The van der Waals surface area contributed by atoms with Crippen LogP contribution in [0.1, 0.15) is 44.2 Å². The summed E-state index contributed by atoms with van der Waals surface area (Å²) in [5.74, 6) is 0.594. The van der Waals surface area contributed by atoms with Crippen molar-refractivity contribution in [1.82, 2.24) is 0 Å². The maximum Gasteiger partial charge on any atom is 0.0535 e. The summed E-state index contributed by atoms with van der Waals surface area (Å²) in [6.07, 6.45) is 1.21. The zero-order valence-electron chi connectivity index (χ0n) is 9.92. The van der Waals surface area contributed by atoms with Crippen LogP contribution in [0.2, 0.25) is 0 Å². The highest BCUT2D eigenvalue weighted by Crippen LogP contribution is 2.45. The van der Waals surface area contributed by atoms with Crippen LogP contribution in [0, 0.1) is 0 Å². The number of hydrogen-bond acceptors (Lipinski definition) is 1. The monoisotopic (exact) mass is 204 g/mol. The Morgan fingerprint density at radius 1 is 1.33 bits per heavy atom. The van der Waals surface area contributed by atoms with Gasteiger partial charge in [-0.05, 0) is 29.9 Å². The van der Waals surface area contributed by atoms with Crippen molar-refractivity contribution in [3.05, 3.63) is 35.4 Å². The summed E-state index contributed by atoms with van der Waals surface area (Å²) in [6, 6.07) is 8.80. The Morgan fingerprint density at radius 3 is 2.80 bits per heavy atom. The van der Waals surface area contributed by atoms with E-state index in [2.05, 4.69) is 45.0 Å². The Bertz CT molecular complexity index is 341. The summed E-state index contributed by atoms with van der Waals surface area (Å²) < 4.78 is 5.57. The summed E-state index contributed by atoms with van der Waals surface area (Å²) in [7, 11) is 0. The van der Waals surface area contributed by atoms with Gasteiger partial charge in [-0.1, -0.05) is 38.1 Å². The third-order valence-electron chi connectivity index (χ3n) is 3.41. The van der Waals surface area contributed by atoms with E-state index in [1.165, 1.54) is 17.5 Å². The minimum Gasteiger partial charge on any atom is -0.381 e. The lowest BCUT2D eigenvalue weighted by molar-refractivity contribution is 0.128. The van der Waals surface area contributed by atoms with E-state index in [4.69, 9.17) is 4.74 Å². The summed E-state index contributed by atoms with van der Waals surface area (Å²) >= 11 is 0. The van der Waals surface area contributed by atoms with Gasteiger partial charge in [0.15, 0.2) is 0 Å². The fourth-order valence-electron chi connectivity index (χ4n) is 2.71. The van der Waals surface area contributed by atoms with Crippen molar-refractivity contribution in [1.29, 1.82) is 0 Å². The van der Waals surface area contributed by atoms with Gasteiger partial charge < -0.3 is 4.74 Å². The fraction of sp³-hybridized carbons (Fsp3) is 0.571. The molecule has 1 atom stereocenters. The maximum absolute atomic E-state index is 5.57. The summed E-state index contributed by atoms with van der Waals surface area (Å²) in [6.45, 7) is 8.41. The van der Waals surface area contributed by atoms with Crippen molar-refractivity contribution >= 4 is 0 Å². The molecule has 0 saturated carbocycles. The first kappa shape index (κ1) is 10.7.